The van der Waals surface area contributed by atoms with Gasteiger partial charge in [0.15, 0.2) is 0 Å². The molecular formula is C14H20Cl2O2. The molecule has 0 aromatic heterocycles. The fraction of sp³-hybridized carbons (Fsp3) is 0.714. The van der Waals surface area contributed by atoms with E-state index in [-0.39, 0.29) is 0 Å². The molecule has 4 heteroatoms. The Hall–Kier alpha value is -0.0200. The van der Waals surface area contributed by atoms with Crippen molar-refractivity contribution in [2.24, 2.45) is 0 Å². The third-order valence-corrected chi connectivity index (χ3v) is 4.76. The number of aliphatic hydroxyl groups is 2. The van der Waals surface area contributed by atoms with Gasteiger partial charge in [0, 0.05) is 10.1 Å². The highest BCUT2D eigenvalue weighted by Crippen LogP contribution is 2.35. The van der Waals surface area contributed by atoms with Crippen LogP contribution in [0.5, 0.6) is 0 Å². The van der Waals surface area contributed by atoms with E-state index in [9.17, 15) is 10.2 Å². The summed E-state index contributed by atoms with van der Waals surface area (Å²) in [6.45, 7) is 0. The molecule has 0 saturated heterocycles. The summed E-state index contributed by atoms with van der Waals surface area (Å²) in [5, 5.41) is 22.0. The summed E-state index contributed by atoms with van der Waals surface area (Å²) in [5.74, 6) is 0. The van der Waals surface area contributed by atoms with E-state index in [1.54, 1.807) is 0 Å². The van der Waals surface area contributed by atoms with Crippen molar-refractivity contribution in [3.05, 3.63) is 21.2 Å². The topological polar surface area (TPSA) is 40.5 Å². The van der Waals surface area contributed by atoms with Crippen LogP contribution in [0.25, 0.3) is 0 Å². The van der Waals surface area contributed by atoms with E-state index < -0.39 is 12.2 Å². The summed E-state index contributed by atoms with van der Waals surface area (Å²) >= 11 is 12.3. The molecule has 2 aliphatic carbocycles. The summed E-state index contributed by atoms with van der Waals surface area (Å²) in [5.41, 5.74) is 1.61. The molecule has 0 heterocycles. The highest BCUT2D eigenvalue weighted by molar-refractivity contribution is 6.30. The lowest BCUT2D eigenvalue weighted by Gasteiger charge is -2.28. The lowest BCUT2D eigenvalue weighted by molar-refractivity contribution is 0.0588. The smallest absolute Gasteiger partial charge is 0.106 e. The molecule has 0 spiro atoms. The maximum absolute atomic E-state index is 10.3. The lowest BCUT2D eigenvalue weighted by Crippen LogP contribution is -2.32. The van der Waals surface area contributed by atoms with Gasteiger partial charge in [-0.05, 0) is 62.5 Å². The summed E-state index contributed by atoms with van der Waals surface area (Å²) in [6, 6.07) is 0. The molecule has 2 N–H and O–H groups in total. The maximum atomic E-state index is 10.3. The summed E-state index contributed by atoms with van der Waals surface area (Å²) in [7, 11) is 0. The van der Waals surface area contributed by atoms with Crippen molar-refractivity contribution < 1.29 is 10.2 Å². The van der Waals surface area contributed by atoms with Gasteiger partial charge in [-0.2, -0.15) is 0 Å². The molecular weight excluding hydrogens is 271 g/mol. The van der Waals surface area contributed by atoms with Crippen molar-refractivity contribution in [1.29, 1.82) is 0 Å². The number of rotatable bonds is 3. The third-order valence-electron chi connectivity index (χ3n) is 3.89. The van der Waals surface area contributed by atoms with Crippen LogP contribution >= 0.6 is 23.2 Å². The number of hydrogen-bond donors (Lipinski definition) is 2. The van der Waals surface area contributed by atoms with Crippen molar-refractivity contribution in [2.45, 2.75) is 63.6 Å². The van der Waals surface area contributed by atoms with Crippen molar-refractivity contribution in [1.82, 2.24) is 0 Å². The zero-order chi connectivity index (χ0) is 13.1. The third kappa shape index (κ3) is 3.11. The van der Waals surface area contributed by atoms with Gasteiger partial charge in [-0.15, -0.1) is 0 Å². The Kier molecular flexibility index (Phi) is 5.14. The molecule has 0 aromatic carbocycles. The number of aliphatic hydroxyl groups excluding tert-OH is 2. The second-order valence-corrected chi connectivity index (χ2v) is 6.08. The first-order valence-electron chi connectivity index (χ1n) is 6.72. The number of allylic oxidation sites excluding steroid dienone is 2. The predicted octanol–water partition coefficient (Wildman–Crippen LogP) is 3.84. The van der Waals surface area contributed by atoms with Crippen molar-refractivity contribution in [2.75, 3.05) is 0 Å². The molecule has 0 unspecified atom stereocenters. The van der Waals surface area contributed by atoms with Gasteiger partial charge in [0.2, 0.25) is 0 Å². The van der Waals surface area contributed by atoms with E-state index in [1.807, 2.05) is 0 Å². The molecule has 0 fully saturated rings. The second kappa shape index (κ2) is 6.42. The Morgan fingerprint density at radius 2 is 1.00 bits per heavy atom. The Bertz CT molecular complexity index is 338. The quantitative estimate of drug-likeness (QED) is 0.829. The van der Waals surface area contributed by atoms with Crippen LogP contribution in [0.3, 0.4) is 0 Å². The van der Waals surface area contributed by atoms with E-state index in [1.165, 1.54) is 0 Å². The Morgan fingerprint density at radius 3 is 1.33 bits per heavy atom. The summed E-state index contributed by atoms with van der Waals surface area (Å²) in [6.07, 6.45) is 5.59. The average Bonchev–Trinajstić information content (AvgIpc) is 2.38. The maximum Gasteiger partial charge on any atom is 0.106 e. The van der Waals surface area contributed by atoms with Crippen LogP contribution in [0.4, 0.5) is 0 Å². The fourth-order valence-corrected chi connectivity index (χ4v) is 3.46. The van der Waals surface area contributed by atoms with Crippen LogP contribution in [-0.2, 0) is 0 Å². The Balaban J connectivity index is 2.15. The summed E-state index contributed by atoms with van der Waals surface area (Å²) < 4.78 is 0. The molecule has 0 amide bonds. The zero-order valence-electron chi connectivity index (χ0n) is 10.5. The zero-order valence-corrected chi connectivity index (χ0v) is 12.0. The molecule has 0 aliphatic heterocycles. The molecule has 0 saturated carbocycles. The van der Waals surface area contributed by atoms with Gasteiger partial charge >= 0.3 is 0 Å². The molecule has 18 heavy (non-hydrogen) atoms. The minimum Gasteiger partial charge on any atom is -0.386 e. The van der Waals surface area contributed by atoms with E-state index in [4.69, 9.17) is 23.2 Å². The Labute approximate surface area is 118 Å². The molecule has 0 radical (unpaired) electrons. The first-order chi connectivity index (χ1) is 8.61. The highest BCUT2D eigenvalue weighted by atomic mass is 35.5. The van der Waals surface area contributed by atoms with Crippen molar-refractivity contribution >= 4 is 23.2 Å². The SMILES string of the molecule is O[C@H](C1=C(Cl)CCCC1)[C@H](O)C1=C(Cl)CCCC1. The second-order valence-electron chi connectivity index (χ2n) is 5.16. The van der Waals surface area contributed by atoms with Crippen LogP contribution in [0.2, 0.25) is 0 Å². The van der Waals surface area contributed by atoms with E-state index in [0.717, 1.165) is 72.6 Å². The van der Waals surface area contributed by atoms with E-state index in [2.05, 4.69) is 0 Å². The van der Waals surface area contributed by atoms with Crippen LogP contribution < -0.4 is 0 Å². The standard InChI is InChI=1S/C14H20Cl2O2/c15-11-7-3-1-5-9(11)13(17)14(18)10-6-2-4-8-12(10)16/h13-14,17-18H,1-8H2/t13-,14-/m1/s1. The Morgan fingerprint density at radius 1 is 0.667 bits per heavy atom. The minimum atomic E-state index is -0.889. The minimum absolute atomic E-state index is 0.723. The number of hydrogen-bond acceptors (Lipinski definition) is 2. The van der Waals surface area contributed by atoms with Crippen LogP contribution in [0.1, 0.15) is 51.4 Å². The van der Waals surface area contributed by atoms with Gasteiger partial charge in [0.1, 0.15) is 12.2 Å². The molecule has 0 aromatic rings. The van der Waals surface area contributed by atoms with Crippen LogP contribution in [0.15, 0.2) is 21.2 Å². The highest BCUT2D eigenvalue weighted by Gasteiger charge is 2.29. The van der Waals surface area contributed by atoms with Crippen molar-refractivity contribution in [3.63, 3.8) is 0 Å². The van der Waals surface area contributed by atoms with Crippen molar-refractivity contribution in [3.8, 4) is 0 Å². The predicted molar refractivity (Wildman–Crippen MR) is 74.7 cm³/mol. The van der Waals surface area contributed by atoms with Gasteiger partial charge in [-0.3, -0.25) is 0 Å². The largest absolute Gasteiger partial charge is 0.386 e. The molecule has 0 bridgehead atoms. The normalized spacial score (nSPS) is 25.3. The first-order valence-corrected chi connectivity index (χ1v) is 7.48. The van der Waals surface area contributed by atoms with Crippen LogP contribution in [-0.4, -0.2) is 22.4 Å². The lowest BCUT2D eigenvalue weighted by atomic mass is 9.86. The fourth-order valence-electron chi connectivity index (χ4n) is 2.78. The monoisotopic (exact) mass is 290 g/mol. The molecule has 2 aliphatic rings. The van der Waals surface area contributed by atoms with Gasteiger partial charge in [-0.25, -0.2) is 0 Å². The van der Waals surface area contributed by atoms with Gasteiger partial charge in [-0.1, -0.05) is 23.2 Å². The van der Waals surface area contributed by atoms with Gasteiger partial charge in [0.25, 0.3) is 0 Å². The van der Waals surface area contributed by atoms with Gasteiger partial charge in [0.05, 0.1) is 0 Å². The van der Waals surface area contributed by atoms with Gasteiger partial charge < -0.3 is 10.2 Å². The van der Waals surface area contributed by atoms with E-state index in [0.29, 0.717) is 0 Å². The molecule has 102 valence electrons. The van der Waals surface area contributed by atoms with Crippen LogP contribution in [0, 0.1) is 0 Å². The summed E-state index contributed by atoms with van der Waals surface area (Å²) in [4.78, 5) is 0. The first kappa shape index (κ1) is 14.4. The molecule has 2 atom stereocenters. The average molecular weight is 291 g/mol. The molecule has 2 rings (SSSR count). The number of halogens is 2. The van der Waals surface area contributed by atoms with E-state index >= 15 is 0 Å². The molecule has 2 nitrogen and oxygen atoms in total.